The zero-order valence-corrected chi connectivity index (χ0v) is 16.3. The van der Waals surface area contributed by atoms with Gasteiger partial charge >= 0.3 is 0 Å². The van der Waals surface area contributed by atoms with Crippen LogP contribution in [-0.2, 0) is 4.79 Å². The van der Waals surface area contributed by atoms with Crippen LogP contribution in [0.2, 0.25) is 0 Å². The quantitative estimate of drug-likeness (QED) is 0.721. The molecule has 7 nitrogen and oxygen atoms in total. The van der Waals surface area contributed by atoms with Crippen molar-refractivity contribution in [2.45, 2.75) is 33.7 Å². The zero-order chi connectivity index (χ0) is 19.9. The third-order valence-electron chi connectivity index (χ3n) is 4.57. The number of fused-ring (bicyclic) bond motifs is 1. The standard InChI is InChI=1S/C19H20N4O3S/c1-9-7-5-6-8-13(9)22-17(25)15-10(2)14-18(27-15)21-12(4)23(19(14)26)11(3)16(20)24/h5-8,11H,1-4H3,(H2,20,24)(H,22,25). The van der Waals surface area contributed by atoms with Crippen LogP contribution in [0.25, 0.3) is 10.2 Å². The van der Waals surface area contributed by atoms with Gasteiger partial charge in [0.05, 0.1) is 10.3 Å². The van der Waals surface area contributed by atoms with E-state index in [-0.39, 0.29) is 11.5 Å². The summed E-state index contributed by atoms with van der Waals surface area (Å²) >= 11 is 1.16. The van der Waals surface area contributed by atoms with Crippen LogP contribution in [0.1, 0.15) is 39.6 Å². The van der Waals surface area contributed by atoms with Crippen LogP contribution < -0.4 is 16.6 Å². The molecule has 2 aromatic heterocycles. The molecule has 0 fully saturated rings. The molecule has 1 unspecified atom stereocenters. The van der Waals surface area contributed by atoms with E-state index in [0.717, 1.165) is 16.9 Å². The molecule has 8 heteroatoms. The molecule has 0 radical (unpaired) electrons. The van der Waals surface area contributed by atoms with Crippen LogP contribution in [0.15, 0.2) is 29.1 Å². The summed E-state index contributed by atoms with van der Waals surface area (Å²) in [4.78, 5) is 42.6. The molecule has 3 N–H and O–H groups in total. The molecule has 0 aliphatic heterocycles. The van der Waals surface area contributed by atoms with Crippen LogP contribution in [-0.4, -0.2) is 21.4 Å². The second-order valence-corrected chi connectivity index (χ2v) is 7.42. The molecule has 1 aromatic carbocycles. The first-order valence-electron chi connectivity index (χ1n) is 8.41. The smallest absolute Gasteiger partial charge is 0.266 e. The summed E-state index contributed by atoms with van der Waals surface area (Å²) in [6, 6.07) is 6.64. The second kappa shape index (κ2) is 6.96. The van der Waals surface area contributed by atoms with Gasteiger partial charge in [-0.15, -0.1) is 11.3 Å². The predicted octanol–water partition coefficient (Wildman–Crippen LogP) is 2.68. The maximum Gasteiger partial charge on any atom is 0.266 e. The van der Waals surface area contributed by atoms with Gasteiger partial charge in [0.2, 0.25) is 5.91 Å². The fraction of sp³-hybridized carbons (Fsp3) is 0.263. The molecule has 0 saturated carbocycles. The minimum Gasteiger partial charge on any atom is -0.368 e. The zero-order valence-electron chi connectivity index (χ0n) is 15.5. The highest BCUT2D eigenvalue weighted by molar-refractivity contribution is 7.20. The Morgan fingerprint density at radius 1 is 1.22 bits per heavy atom. The van der Waals surface area contributed by atoms with E-state index >= 15 is 0 Å². The summed E-state index contributed by atoms with van der Waals surface area (Å²) in [5, 5.41) is 3.22. The van der Waals surface area contributed by atoms with Crippen molar-refractivity contribution in [3.05, 3.63) is 56.4 Å². The summed E-state index contributed by atoms with van der Waals surface area (Å²) < 4.78 is 1.27. The minimum absolute atomic E-state index is 0.295. The van der Waals surface area contributed by atoms with E-state index in [4.69, 9.17) is 5.73 Å². The molecule has 0 saturated heterocycles. The van der Waals surface area contributed by atoms with E-state index in [1.165, 1.54) is 4.57 Å². The Balaban J connectivity index is 2.11. The van der Waals surface area contributed by atoms with Gasteiger partial charge in [0.25, 0.3) is 11.5 Å². The fourth-order valence-electron chi connectivity index (χ4n) is 2.99. The monoisotopic (exact) mass is 384 g/mol. The number of para-hydroxylation sites is 1. The number of primary amides is 1. The Morgan fingerprint density at radius 3 is 2.52 bits per heavy atom. The molecule has 2 amide bonds. The Kier molecular flexibility index (Phi) is 4.84. The first-order valence-corrected chi connectivity index (χ1v) is 9.22. The number of nitrogens with one attached hydrogen (secondary N) is 1. The number of carbonyl (C=O) groups excluding carboxylic acids is 2. The van der Waals surface area contributed by atoms with Gasteiger partial charge in [-0.1, -0.05) is 18.2 Å². The summed E-state index contributed by atoms with van der Waals surface area (Å²) in [5.74, 6) is -0.533. The van der Waals surface area contributed by atoms with E-state index in [2.05, 4.69) is 10.3 Å². The molecule has 0 bridgehead atoms. The SMILES string of the molecule is Cc1ccccc1NC(=O)c1sc2nc(C)n(C(C)C(N)=O)c(=O)c2c1C. The van der Waals surface area contributed by atoms with Crippen LogP contribution in [0, 0.1) is 20.8 Å². The summed E-state index contributed by atoms with van der Waals surface area (Å²) in [6.07, 6.45) is 0. The average Bonchev–Trinajstić information content (AvgIpc) is 2.93. The Bertz CT molecular complexity index is 1130. The van der Waals surface area contributed by atoms with Gasteiger partial charge < -0.3 is 11.1 Å². The normalized spacial score (nSPS) is 12.1. The molecule has 140 valence electrons. The number of rotatable bonds is 4. The highest BCUT2D eigenvalue weighted by atomic mass is 32.1. The maximum absolute atomic E-state index is 13.0. The second-order valence-electron chi connectivity index (χ2n) is 6.42. The molecular weight excluding hydrogens is 364 g/mol. The number of benzene rings is 1. The van der Waals surface area contributed by atoms with Gasteiger partial charge in [-0.25, -0.2) is 4.98 Å². The van der Waals surface area contributed by atoms with E-state index < -0.39 is 11.9 Å². The number of hydrogen-bond acceptors (Lipinski definition) is 5. The molecule has 1 atom stereocenters. The van der Waals surface area contributed by atoms with Crippen molar-refractivity contribution in [3.63, 3.8) is 0 Å². The number of hydrogen-bond donors (Lipinski definition) is 2. The van der Waals surface area contributed by atoms with Gasteiger partial charge in [-0.3, -0.25) is 19.0 Å². The number of carbonyl (C=O) groups is 2. The number of aromatic nitrogens is 2. The molecule has 3 aromatic rings. The first kappa shape index (κ1) is 18.8. The summed E-state index contributed by atoms with van der Waals surface area (Å²) in [5.41, 5.74) is 7.18. The van der Waals surface area contributed by atoms with Gasteiger partial charge in [0, 0.05) is 5.69 Å². The lowest BCUT2D eigenvalue weighted by molar-refractivity contribution is -0.120. The molecule has 0 aliphatic carbocycles. The third kappa shape index (κ3) is 3.23. The number of nitrogens with zero attached hydrogens (tertiary/aromatic N) is 2. The summed E-state index contributed by atoms with van der Waals surface area (Å²) in [7, 11) is 0. The van der Waals surface area contributed by atoms with E-state index in [9.17, 15) is 14.4 Å². The highest BCUT2D eigenvalue weighted by Crippen LogP contribution is 2.29. The van der Waals surface area contributed by atoms with Crippen LogP contribution in [0.5, 0.6) is 0 Å². The van der Waals surface area contributed by atoms with Crippen molar-refractivity contribution < 1.29 is 9.59 Å². The Labute approximate surface area is 159 Å². The van der Waals surface area contributed by atoms with Gasteiger partial charge in [0.15, 0.2) is 0 Å². The van der Waals surface area contributed by atoms with Crippen molar-refractivity contribution in [3.8, 4) is 0 Å². The van der Waals surface area contributed by atoms with Crippen LogP contribution >= 0.6 is 11.3 Å². The number of amides is 2. The molecular formula is C19H20N4O3S. The minimum atomic E-state index is -0.821. The van der Waals surface area contributed by atoms with Crippen molar-refractivity contribution in [1.82, 2.24) is 9.55 Å². The number of aryl methyl sites for hydroxylation is 3. The van der Waals surface area contributed by atoms with E-state index in [1.807, 2.05) is 31.2 Å². The number of anilines is 1. The van der Waals surface area contributed by atoms with Gasteiger partial charge in [-0.05, 0) is 44.9 Å². The first-order chi connectivity index (χ1) is 12.7. The van der Waals surface area contributed by atoms with Crippen LogP contribution in [0.4, 0.5) is 5.69 Å². The highest BCUT2D eigenvalue weighted by Gasteiger charge is 2.24. The third-order valence-corrected chi connectivity index (χ3v) is 5.76. The van der Waals surface area contributed by atoms with E-state index in [0.29, 0.717) is 32.2 Å². The van der Waals surface area contributed by atoms with Crippen molar-refractivity contribution >= 4 is 39.1 Å². The Hall–Kier alpha value is -3.00. The van der Waals surface area contributed by atoms with Gasteiger partial charge in [0.1, 0.15) is 16.7 Å². The molecule has 0 spiro atoms. The number of thiophene rings is 1. The summed E-state index contributed by atoms with van der Waals surface area (Å²) in [6.45, 7) is 6.81. The number of nitrogens with two attached hydrogens (primary N) is 1. The topological polar surface area (TPSA) is 107 Å². The molecule has 2 heterocycles. The fourth-order valence-corrected chi connectivity index (χ4v) is 4.10. The molecule has 0 aliphatic rings. The lowest BCUT2D eigenvalue weighted by Gasteiger charge is -2.14. The lowest BCUT2D eigenvalue weighted by Crippen LogP contribution is -2.34. The molecule has 3 rings (SSSR count). The van der Waals surface area contributed by atoms with Crippen molar-refractivity contribution in [1.29, 1.82) is 0 Å². The maximum atomic E-state index is 13.0. The van der Waals surface area contributed by atoms with Gasteiger partial charge in [-0.2, -0.15) is 0 Å². The van der Waals surface area contributed by atoms with Crippen molar-refractivity contribution in [2.75, 3.05) is 5.32 Å². The largest absolute Gasteiger partial charge is 0.368 e. The lowest BCUT2D eigenvalue weighted by atomic mass is 10.1. The van der Waals surface area contributed by atoms with Crippen molar-refractivity contribution in [2.24, 2.45) is 5.73 Å². The van der Waals surface area contributed by atoms with E-state index in [1.54, 1.807) is 20.8 Å². The predicted molar refractivity (Wildman–Crippen MR) is 106 cm³/mol. The Morgan fingerprint density at radius 2 is 1.89 bits per heavy atom. The average molecular weight is 384 g/mol. The molecule has 27 heavy (non-hydrogen) atoms. The van der Waals surface area contributed by atoms with Crippen LogP contribution in [0.3, 0.4) is 0 Å².